The molecular formula is C21H22N2O4. The molecule has 6 heteroatoms. The maximum absolute atomic E-state index is 12.5. The Balaban J connectivity index is 1.84. The van der Waals surface area contributed by atoms with Gasteiger partial charge in [-0.1, -0.05) is 18.2 Å². The fourth-order valence-electron chi connectivity index (χ4n) is 2.96. The molecule has 0 aliphatic rings. The lowest BCUT2D eigenvalue weighted by Crippen LogP contribution is -2.23. The summed E-state index contributed by atoms with van der Waals surface area (Å²) in [6.07, 6.45) is 0. The summed E-state index contributed by atoms with van der Waals surface area (Å²) in [6.45, 7) is 6.68. The molecule has 2 aromatic carbocycles. The molecule has 0 saturated heterocycles. The molecule has 1 aromatic heterocycles. The number of carbonyl (C=O) groups excluding carboxylic acids is 1. The third kappa shape index (κ3) is 3.84. The van der Waals surface area contributed by atoms with Crippen LogP contribution in [0.3, 0.4) is 0 Å². The largest absolute Gasteiger partial charge is 0.493 e. The van der Waals surface area contributed by atoms with Crippen LogP contribution in [0.25, 0.3) is 11.0 Å². The molecule has 140 valence electrons. The molecule has 0 aliphatic heterocycles. The van der Waals surface area contributed by atoms with Crippen molar-refractivity contribution in [3.8, 4) is 5.75 Å². The van der Waals surface area contributed by atoms with Gasteiger partial charge >= 0.3 is 5.97 Å². The minimum absolute atomic E-state index is 0.118. The summed E-state index contributed by atoms with van der Waals surface area (Å²) in [5.41, 5.74) is 2.78. The number of esters is 1. The highest BCUT2D eigenvalue weighted by Crippen LogP contribution is 2.20. The summed E-state index contributed by atoms with van der Waals surface area (Å²) in [5, 5.41) is 0. The van der Waals surface area contributed by atoms with Gasteiger partial charge in [-0.2, -0.15) is 0 Å². The van der Waals surface area contributed by atoms with E-state index in [0.29, 0.717) is 41.2 Å². The van der Waals surface area contributed by atoms with E-state index in [1.54, 1.807) is 29.7 Å². The summed E-state index contributed by atoms with van der Waals surface area (Å²) in [7, 11) is 0. The van der Waals surface area contributed by atoms with Crippen LogP contribution in [0.15, 0.2) is 47.3 Å². The van der Waals surface area contributed by atoms with Gasteiger partial charge in [0.15, 0.2) is 0 Å². The zero-order chi connectivity index (χ0) is 19.4. The zero-order valence-electron chi connectivity index (χ0n) is 15.7. The van der Waals surface area contributed by atoms with Crippen molar-refractivity contribution in [2.75, 3.05) is 6.61 Å². The van der Waals surface area contributed by atoms with Gasteiger partial charge in [0.05, 0.1) is 23.2 Å². The Labute approximate surface area is 157 Å². The number of carbonyl (C=O) groups is 1. The predicted octanol–water partition coefficient (Wildman–Crippen LogP) is 3.48. The SMILES string of the molecule is CCOc1ccccc1COC(=O)c1ccc2c(c1)nc(C)c(=O)n2CC. The molecule has 0 atom stereocenters. The standard InChI is InChI=1S/C21H22N2O4/c1-4-23-18-11-10-15(12-17(18)22-14(3)20(23)24)21(25)27-13-16-8-6-7-9-19(16)26-5-2/h6-12H,4-5,13H2,1-3H3. The predicted molar refractivity (Wildman–Crippen MR) is 103 cm³/mol. The number of rotatable bonds is 6. The molecule has 0 bridgehead atoms. The number of para-hydroxylation sites is 1. The van der Waals surface area contributed by atoms with Gasteiger partial charge in [-0.25, -0.2) is 9.78 Å². The molecule has 6 nitrogen and oxygen atoms in total. The summed E-state index contributed by atoms with van der Waals surface area (Å²) in [4.78, 5) is 29.0. The molecular weight excluding hydrogens is 344 g/mol. The van der Waals surface area contributed by atoms with Crippen molar-refractivity contribution >= 4 is 17.0 Å². The van der Waals surface area contributed by atoms with E-state index in [4.69, 9.17) is 9.47 Å². The van der Waals surface area contributed by atoms with Crippen molar-refractivity contribution < 1.29 is 14.3 Å². The third-order valence-corrected chi connectivity index (χ3v) is 4.29. The Bertz CT molecular complexity index is 1040. The maximum Gasteiger partial charge on any atom is 0.338 e. The lowest BCUT2D eigenvalue weighted by atomic mass is 10.1. The molecule has 0 fully saturated rings. The number of ether oxygens (including phenoxy) is 2. The fraction of sp³-hybridized carbons (Fsp3) is 0.286. The van der Waals surface area contributed by atoms with E-state index in [2.05, 4.69) is 4.98 Å². The van der Waals surface area contributed by atoms with Gasteiger partial charge in [-0.15, -0.1) is 0 Å². The Kier molecular flexibility index (Phi) is 5.54. The van der Waals surface area contributed by atoms with Crippen LogP contribution in [-0.2, 0) is 17.9 Å². The van der Waals surface area contributed by atoms with Gasteiger partial charge in [0, 0.05) is 12.1 Å². The number of aryl methyl sites for hydroxylation is 2. The molecule has 0 N–H and O–H groups in total. The van der Waals surface area contributed by atoms with E-state index in [1.165, 1.54) is 0 Å². The number of aromatic nitrogens is 2. The van der Waals surface area contributed by atoms with Gasteiger partial charge < -0.3 is 14.0 Å². The Hall–Kier alpha value is -3.15. The highest BCUT2D eigenvalue weighted by atomic mass is 16.5. The number of benzene rings is 2. The average Bonchev–Trinajstić information content (AvgIpc) is 2.68. The highest BCUT2D eigenvalue weighted by Gasteiger charge is 2.13. The normalized spacial score (nSPS) is 10.8. The average molecular weight is 366 g/mol. The number of hydrogen-bond acceptors (Lipinski definition) is 5. The van der Waals surface area contributed by atoms with Crippen LogP contribution in [0.5, 0.6) is 5.75 Å². The molecule has 0 radical (unpaired) electrons. The van der Waals surface area contributed by atoms with E-state index >= 15 is 0 Å². The lowest BCUT2D eigenvalue weighted by molar-refractivity contribution is 0.0470. The molecule has 0 saturated carbocycles. The van der Waals surface area contributed by atoms with Crippen LogP contribution in [0.1, 0.15) is 35.5 Å². The zero-order valence-corrected chi connectivity index (χ0v) is 15.7. The van der Waals surface area contributed by atoms with Crippen LogP contribution in [0, 0.1) is 6.92 Å². The van der Waals surface area contributed by atoms with Gasteiger partial charge in [-0.05, 0) is 45.0 Å². The van der Waals surface area contributed by atoms with Crippen molar-refractivity contribution in [2.24, 2.45) is 0 Å². The van der Waals surface area contributed by atoms with E-state index in [0.717, 1.165) is 5.56 Å². The van der Waals surface area contributed by atoms with E-state index in [9.17, 15) is 9.59 Å². The first-order valence-electron chi connectivity index (χ1n) is 8.94. The highest BCUT2D eigenvalue weighted by molar-refractivity contribution is 5.93. The van der Waals surface area contributed by atoms with Crippen LogP contribution in [-0.4, -0.2) is 22.1 Å². The summed E-state index contributed by atoms with van der Waals surface area (Å²) in [6, 6.07) is 12.5. The van der Waals surface area contributed by atoms with Crippen LogP contribution in [0.4, 0.5) is 0 Å². The Morgan fingerprint density at radius 2 is 1.93 bits per heavy atom. The molecule has 0 unspecified atom stereocenters. The topological polar surface area (TPSA) is 70.4 Å². The smallest absolute Gasteiger partial charge is 0.338 e. The number of fused-ring (bicyclic) bond motifs is 1. The van der Waals surface area contributed by atoms with Crippen molar-refractivity contribution in [3.05, 3.63) is 69.6 Å². The first kappa shape index (κ1) is 18.6. The molecule has 0 aliphatic carbocycles. The second-order valence-corrected chi connectivity index (χ2v) is 6.07. The van der Waals surface area contributed by atoms with Gasteiger partial charge in [0.2, 0.25) is 0 Å². The van der Waals surface area contributed by atoms with Crippen molar-refractivity contribution in [2.45, 2.75) is 33.9 Å². The lowest BCUT2D eigenvalue weighted by Gasteiger charge is -2.12. The van der Waals surface area contributed by atoms with Crippen molar-refractivity contribution in [1.29, 1.82) is 0 Å². The summed E-state index contributed by atoms with van der Waals surface area (Å²) >= 11 is 0. The molecule has 3 rings (SSSR count). The van der Waals surface area contributed by atoms with Gasteiger partial charge in [0.1, 0.15) is 18.1 Å². The van der Waals surface area contributed by atoms with E-state index < -0.39 is 5.97 Å². The maximum atomic E-state index is 12.5. The van der Waals surface area contributed by atoms with Crippen LogP contribution >= 0.6 is 0 Å². The molecule has 1 heterocycles. The first-order chi connectivity index (χ1) is 13.0. The van der Waals surface area contributed by atoms with Crippen LogP contribution < -0.4 is 10.3 Å². The van der Waals surface area contributed by atoms with Crippen LogP contribution in [0.2, 0.25) is 0 Å². The second-order valence-electron chi connectivity index (χ2n) is 6.07. The molecule has 0 amide bonds. The molecule has 0 spiro atoms. The number of nitrogens with zero attached hydrogens (tertiary/aromatic N) is 2. The third-order valence-electron chi connectivity index (χ3n) is 4.29. The fourth-order valence-corrected chi connectivity index (χ4v) is 2.96. The quantitative estimate of drug-likeness (QED) is 0.625. The summed E-state index contributed by atoms with van der Waals surface area (Å²) < 4.78 is 12.6. The Morgan fingerprint density at radius 3 is 2.67 bits per heavy atom. The minimum atomic E-state index is -0.447. The monoisotopic (exact) mass is 366 g/mol. The molecule has 3 aromatic rings. The van der Waals surface area contributed by atoms with Crippen molar-refractivity contribution in [1.82, 2.24) is 9.55 Å². The van der Waals surface area contributed by atoms with Crippen molar-refractivity contribution in [3.63, 3.8) is 0 Å². The first-order valence-corrected chi connectivity index (χ1v) is 8.94. The minimum Gasteiger partial charge on any atom is -0.493 e. The Morgan fingerprint density at radius 1 is 1.15 bits per heavy atom. The molecule has 27 heavy (non-hydrogen) atoms. The second kappa shape index (κ2) is 8.03. The van der Waals surface area contributed by atoms with Gasteiger partial charge in [0.25, 0.3) is 5.56 Å². The number of hydrogen-bond donors (Lipinski definition) is 0. The summed E-state index contributed by atoms with van der Waals surface area (Å²) in [5.74, 6) is 0.257. The van der Waals surface area contributed by atoms with E-state index in [-0.39, 0.29) is 12.2 Å². The van der Waals surface area contributed by atoms with Gasteiger partial charge in [-0.3, -0.25) is 4.79 Å². The van der Waals surface area contributed by atoms with E-state index in [1.807, 2.05) is 38.1 Å².